The maximum Gasteiger partial charge on any atom is 0.410 e. The van der Waals surface area contributed by atoms with Gasteiger partial charge in [-0.15, -0.1) is 5.10 Å². The zero-order chi connectivity index (χ0) is 21.0. The SMILES string of the molecule is CC(C)(C)OC(=O)N1CCN(c2cccc(CNc3ccn(C(=N)N)n3)c2)CC1. The van der Waals surface area contributed by atoms with Crippen molar-refractivity contribution in [1.29, 1.82) is 5.41 Å². The molecule has 2 heterocycles. The van der Waals surface area contributed by atoms with Crippen LogP contribution in [-0.4, -0.2) is 58.5 Å². The molecule has 156 valence electrons. The molecule has 1 aromatic heterocycles. The molecular weight excluding hydrogens is 370 g/mol. The lowest BCUT2D eigenvalue weighted by molar-refractivity contribution is 0.0240. The van der Waals surface area contributed by atoms with Gasteiger partial charge in [0.15, 0.2) is 0 Å². The molecule has 0 radical (unpaired) electrons. The maximum atomic E-state index is 12.2. The van der Waals surface area contributed by atoms with Crippen LogP contribution in [0.3, 0.4) is 0 Å². The molecule has 1 aliphatic heterocycles. The van der Waals surface area contributed by atoms with Crippen molar-refractivity contribution < 1.29 is 9.53 Å². The van der Waals surface area contributed by atoms with Crippen LogP contribution in [0.15, 0.2) is 36.5 Å². The van der Waals surface area contributed by atoms with E-state index in [0.717, 1.165) is 24.3 Å². The van der Waals surface area contributed by atoms with E-state index in [1.54, 1.807) is 17.2 Å². The van der Waals surface area contributed by atoms with Crippen molar-refractivity contribution in [3.05, 3.63) is 42.1 Å². The fraction of sp³-hybridized carbons (Fsp3) is 0.450. The van der Waals surface area contributed by atoms with Crippen LogP contribution in [0.4, 0.5) is 16.3 Å². The number of hydrogen-bond acceptors (Lipinski definition) is 6. The van der Waals surface area contributed by atoms with Gasteiger partial charge in [0.2, 0.25) is 5.96 Å². The average molecular weight is 399 g/mol. The van der Waals surface area contributed by atoms with Crippen LogP contribution in [0.1, 0.15) is 26.3 Å². The van der Waals surface area contributed by atoms with Gasteiger partial charge in [0.1, 0.15) is 11.4 Å². The van der Waals surface area contributed by atoms with E-state index in [2.05, 4.69) is 33.5 Å². The summed E-state index contributed by atoms with van der Waals surface area (Å²) in [7, 11) is 0. The third-order valence-corrected chi connectivity index (χ3v) is 4.52. The Hall–Kier alpha value is -3.23. The molecule has 9 nitrogen and oxygen atoms in total. The van der Waals surface area contributed by atoms with Gasteiger partial charge in [-0.1, -0.05) is 12.1 Å². The number of nitrogens with one attached hydrogen (secondary N) is 2. The Morgan fingerprint density at radius 1 is 1.24 bits per heavy atom. The Kier molecular flexibility index (Phi) is 5.95. The molecule has 0 aliphatic carbocycles. The lowest BCUT2D eigenvalue weighted by atomic mass is 10.1. The Balaban J connectivity index is 1.54. The van der Waals surface area contributed by atoms with Crippen molar-refractivity contribution in [2.24, 2.45) is 5.73 Å². The highest BCUT2D eigenvalue weighted by Crippen LogP contribution is 2.20. The zero-order valence-electron chi connectivity index (χ0n) is 17.2. The minimum atomic E-state index is -0.476. The summed E-state index contributed by atoms with van der Waals surface area (Å²) in [6, 6.07) is 10.1. The zero-order valence-corrected chi connectivity index (χ0v) is 17.2. The van der Waals surface area contributed by atoms with Gasteiger partial charge in [-0.2, -0.15) is 0 Å². The first-order chi connectivity index (χ1) is 13.7. The number of carbonyl (C=O) groups excluding carboxylic acids is 1. The number of aromatic nitrogens is 2. The molecule has 3 rings (SSSR count). The first kappa shape index (κ1) is 20.5. The molecule has 1 amide bonds. The lowest BCUT2D eigenvalue weighted by Gasteiger charge is -2.36. The number of rotatable bonds is 4. The molecule has 1 fully saturated rings. The Morgan fingerprint density at radius 3 is 2.59 bits per heavy atom. The first-order valence-corrected chi connectivity index (χ1v) is 9.67. The van der Waals surface area contributed by atoms with Crippen molar-refractivity contribution in [2.45, 2.75) is 32.9 Å². The van der Waals surface area contributed by atoms with Crippen molar-refractivity contribution in [1.82, 2.24) is 14.7 Å². The molecule has 1 aromatic carbocycles. The third-order valence-electron chi connectivity index (χ3n) is 4.52. The van der Waals surface area contributed by atoms with Crippen molar-refractivity contribution in [3.8, 4) is 0 Å². The lowest BCUT2D eigenvalue weighted by Crippen LogP contribution is -2.50. The van der Waals surface area contributed by atoms with Gasteiger partial charge in [0, 0.05) is 50.7 Å². The number of piperazine rings is 1. The predicted octanol–water partition coefficient (Wildman–Crippen LogP) is 2.29. The highest BCUT2D eigenvalue weighted by molar-refractivity contribution is 5.76. The smallest absolute Gasteiger partial charge is 0.410 e. The van der Waals surface area contributed by atoms with E-state index in [1.807, 2.05) is 26.8 Å². The van der Waals surface area contributed by atoms with Gasteiger partial charge in [-0.25, -0.2) is 9.48 Å². The fourth-order valence-corrected chi connectivity index (χ4v) is 3.08. The number of carbonyl (C=O) groups is 1. The molecule has 0 bridgehead atoms. The normalized spacial score (nSPS) is 14.6. The second-order valence-electron chi connectivity index (χ2n) is 8.01. The van der Waals surface area contributed by atoms with Gasteiger partial charge in [-0.3, -0.25) is 5.41 Å². The van der Waals surface area contributed by atoms with Crippen LogP contribution in [0.25, 0.3) is 0 Å². The largest absolute Gasteiger partial charge is 0.444 e. The predicted molar refractivity (Wildman–Crippen MR) is 113 cm³/mol. The second-order valence-corrected chi connectivity index (χ2v) is 8.01. The van der Waals surface area contributed by atoms with E-state index in [-0.39, 0.29) is 12.1 Å². The van der Waals surface area contributed by atoms with E-state index in [4.69, 9.17) is 15.9 Å². The van der Waals surface area contributed by atoms with Crippen LogP contribution >= 0.6 is 0 Å². The number of nitrogens with two attached hydrogens (primary N) is 1. The number of ether oxygens (including phenoxy) is 1. The third kappa shape index (κ3) is 5.63. The van der Waals surface area contributed by atoms with E-state index >= 15 is 0 Å². The highest BCUT2D eigenvalue weighted by Gasteiger charge is 2.25. The summed E-state index contributed by atoms with van der Waals surface area (Å²) >= 11 is 0. The first-order valence-electron chi connectivity index (χ1n) is 9.67. The molecule has 0 unspecified atom stereocenters. The minimum Gasteiger partial charge on any atom is -0.444 e. The van der Waals surface area contributed by atoms with Crippen molar-refractivity contribution >= 4 is 23.6 Å². The van der Waals surface area contributed by atoms with Gasteiger partial charge in [0.25, 0.3) is 0 Å². The summed E-state index contributed by atoms with van der Waals surface area (Å²) in [6.45, 7) is 9.06. The second kappa shape index (κ2) is 8.42. The molecule has 0 atom stereocenters. The minimum absolute atomic E-state index is 0.120. The number of amides is 1. The van der Waals surface area contributed by atoms with Crippen LogP contribution < -0.4 is 16.0 Å². The van der Waals surface area contributed by atoms with Crippen molar-refractivity contribution in [3.63, 3.8) is 0 Å². The van der Waals surface area contributed by atoms with Gasteiger partial charge in [0.05, 0.1) is 0 Å². The number of nitrogens with zero attached hydrogens (tertiary/aromatic N) is 4. The van der Waals surface area contributed by atoms with Crippen molar-refractivity contribution in [2.75, 3.05) is 36.4 Å². The Morgan fingerprint density at radius 2 is 1.97 bits per heavy atom. The molecular formula is C20H29N7O2. The van der Waals surface area contributed by atoms with Crippen LogP contribution in [0, 0.1) is 5.41 Å². The monoisotopic (exact) mass is 399 g/mol. The van der Waals surface area contributed by atoms with Crippen LogP contribution in [0.5, 0.6) is 0 Å². The topological polar surface area (TPSA) is 112 Å². The molecule has 1 saturated heterocycles. The van der Waals surface area contributed by atoms with Crippen LogP contribution in [0.2, 0.25) is 0 Å². The summed E-state index contributed by atoms with van der Waals surface area (Å²) < 4.78 is 6.77. The molecule has 1 aliphatic rings. The summed E-state index contributed by atoms with van der Waals surface area (Å²) in [5, 5.41) is 14.8. The fourth-order valence-electron chi connectivity index (χ4n) is 3.08. The quantitative estimate of drug-likeness (QED) is 0.537. The van der Waals surface area contributed by atoms with Gasteiger partial charge < -0.3 is 25.6 Å². The Labute approximate surface area is 170 Å². The highest BCUT2D eigenvalue weighted by atomic mass is 16.6. The standard InChI is InChI=1S/C20H29N7O2/c1-20(2,3)29-19(28)26-11-9-25(10-12-26)16-6-4-5-15(13-16)14-23-17-7-8-27(24-17)18(21)22/h4-8,13H,9-12,14H2,1-3H3,(H3,21,22)(H,23,24). The maximum absolute atomic E-state index is 12.2. The van der Waals surface area contributed by atoms with Gasteiger partial charge >= 0.3 is 6.09 Å². The summed E-state index contributed by atoms with van der Waals surface area (Å²) in [5.74, 6) is 0.544. The summed E-state index contributed by atoms with van der Waals surface area (Å²) in [5.41, 5.74) is 7.18. The number of benzene rings is 1. The molecule has 0 spiro atoms. The molecule has 9 heteroatoms. The summed E-state index contributed by atoms with van der Waals surface area (Å²) in [4.78, 5) is 16.3. The molecule has 29 heavy (non-hydrogen) atoms. The molecule has 0 saturated carbocycles. The number of nitrogen functional groups attached to an aromatic ring is 1. The van der Waals surface area contributed by atoms with E-state index in [9.17, 15) is 4.79 Å². The number of anilines is 2. The summed E-state index contributed by atoms with van der Waals surface area (Å²) in [6.07, 6.45) is 1.39. The molecule has 4 N–H and O–H groups in total. The number of hydrogen-bond donors (Lipinski definition) is 3. The van der Waals surface area contributed by atoms with Gasteiger partial charge in [-0.05, 0) is 38.5 Å². The van der Waals surface area contributed by atoms with E-state index < -0.39 is 5.60 Å². The average Bonchev–Trinajstić information content (AvgIpc) is 3.15. The Bertz CT molecular complexity index is 864. The van der Waals surface area contributed by atoms with Crippen LogP contribution in [-0.2, 0) is 11.3 Å². The molecule has 2 aromatic rings. The van der Waals surface area contributed by atoms with E-state index in [0.29, 0.717) is 25.5 Å². The van der Waals surface area contributed by atoms with E-state index in [1.165, 1.54) is 4.68 Å².